The van der Waals surface area contributed by atoms with Crippen molar-refractivity contribution in [1.29, 1.82) is 0 Å². The lowest BCUT2D eigenvalue weighted by Crippen LogP contribution is -2.50. The van der Waals surface area contributed by atoms with E-state index in [0.29, 0.717) is 46.6 Å². The van der Waals surface area contributed by atoms with Crippen molar-refractivity contribution >= 4 is 11.8 Å². The van der Waals surface area contributed by atoms with E-state index in [-0.39, 0.29) is 44.1 Å². The van der Waals surface area contributed by atoms with E-state index in [1.165, 1.54) is 12.1 Å². The van der Waals surface area contributed by atoms with Gasteiger partial charge in [-0.15, -0.1) is 0 Å². The Hall–Kier alpha value is -6.01. The summed E-state index contributed by atoms with van der Waals surface area (Å²) < 4.78 is 52.8. The van der Waals surface area contributed by atoms with Gasteiger partial charge in [0.05, 0.1) is 25.3 Å². The minimum atomic E-state index is -4.57. The molecule has 1 aliphatic rings. The highest BCUT2D eigenvalue weighted by Crippen LogP contribution is 2.44. The van der Waals surface area contributed by atoms with Gasteiger partial charge in [-0.05, 0) is 75.3 Å². The number of azide groups is 2. The highest BCUT2D eigenvalue weighted by atomic mass is 19.4. The number of aliphatic hydroxyl groups excluding tert-OH is 1. The predicted molar refractivity (Wildman–Crippen MR) is 182 cm³/mol. The first kappa shape index (κ1) is 36.3. The van der Waals surface area contributed by atoms with Crippen LogP contribution in [0.4, 0.5) is 13.2 Å². The molecule has 12 nitrogen and oxygen atoms in total. The van der Waals surface area contributed by atoms with Crippen LogP contribution in [0, 0.1) is 0 Å². The molecule has 2 atom stereocenters. The third kappa shape index (κ3) is 8.78. The summed E-state index contributed by atoms with van der Waals surface area (Å²) in [5.74, 6) is 0.0161. The van der Waals surface area contributed by atoms with Crippen molar-refractivity contribution in [1.82, 2.24) is 5.32 Å². The van der Waals surface area contributed by atoms with E-state index in [1.807, 2.05) is 0 Å². The second kappa shape index (κ2) is 16.6. The molecule has 51 heavy (non-hydrogen) atoms. The lowest BCUT2D eigenvalue weighted by Gasteiger charge is -2.32. The number of aliphatic hydroxyl groups is 1. The molecule has 1 amide bonds. The fourth-order valence-electron chi connectivity index (χ4n) is 5.78. The number of aliphatic imine (C=N–C) groups is 1. The SMILES string of the molecule is [N-]=[N+]=NCc1ccccc1C[C@@]1(C(=O)NCc2cccc(C(F)(F)F)c2)N=C(c2ccc(OCCCO)cc2)O[C@@H]1c1ccccc1CN=[N+]=[N-]. The summed E-state index contributed by atoms with van der Waals surface area (Å²) >= 11 is 0. The first-order chi connectivity index (χ1) is 24.7. The molecule has 0 aliphatic carbocycles. The number of nitrogens with zero attached hydrogens (tertiary/aromatic N) is 7. The normalized spacial score (nSPS) is 16.6. The predicted octanol–water partition coefficient (Wildman–Crippen LogP) is 7.90. The molecular weight excluding hydrogens is 665 g/mol. The topological polar surface area (TPSA) is 178 Å². The van der Waals surface area contributed by atoms with E-state index in [2.05, 4.69) is 25.4 Å². The monoisotopic (exact) mass is 698 g/mol. The summed E-state index contributed by atoms with van der Waals surface area (Å²) in [5, 5.41) is 19.4. The van der Waals surface area contributed by atoms with Crippen LogP contribution in [0.3, 0.4) is 0 Å². The zero-order valence-corrected chi connectivity index (χ0v) is 27.2. The molecule has 1 heterocycles. The highest BCUT2D eigenvalue weighted by Gasteiger charge is 2.54. The Morgan fingerprint density at radius 3 is 2.27 bits per heavy atom. The quantitative estimate of drug-likeness (QED) is 0.0555. The molecule has 0 saturated carbocycles. The molecule has 0 saturated heterocycles. The van der Waals surface area contributed by atoms with Crippen LogP contribution < -0.4 is 10.1 Å². The van der Waals surface area contributed by atoms with Gasteiger partial charge in [-0.2, -0.15) is 13.2 Å². The Labute approximate surface area is 290 Å². The first-order valence-corrected chi connectivity index (χ1v) is 15.9. The minimum Gasteiger partial charge on any atom is -0.494 e. The molecule has 0 aromatic heterocycles. The molecule has 0 bridgehead atoms. The summed E-state index contributed by atoms with van der Waals surface area (Å²) in [5.41, 5.74) is 18.6. The molecular formula is C36H33F3N8O4. The average Bonchev–Trinajstić information content (AvgIpc) is 3.53. The van der Waals surface area contributed by atoms with Gasteiger partial charge in [0.1, 0.15) is 5.75 Å². The van der Waals surface area contributed by atoms with E-state index >= 15 is 0 Å². The van der Waals surface area contributed by atoms with Crippen molar-refractivity contribution < 1.29 is 32.5 Å². The molecule has 15 heteroatoms. The van der Waals surface area contributed by atoms with Gasteiger partial charge in [0.2, 0.25) is 5.90 Å². The summed E-state index contributed by atoms with van der Waals surface area (Å²) in [6.07, 6.45) is -5.29. The van der Waals surface area contributed by atoms with Crippen LogP contribution in [-0.4, -0.2) is 35.7 Å². The molecule has 0 radical (unpaired) electrons. The van der Waals surface area contributed by atoms with E-state index in [0.717, 1.165) is 12.1 Å². The number of hydrogen-bond donors (Lipinski definition) is 2. The molecule has 1 aliphatic heterocycles. The third-order valence-electron chi connectivity index (χ3n) is 8.26. The molecule has 2 N–H and O–H groups in total. The second-order valence-electron chi connectivity index (χ2n) is 11.6. The van der Waals surface area contributed by atoms with Crippen LogP contribution in [-0.2, 0) is 41.8 Å². The largest absolute Gasteiger partial charge is 0.494 e. The number of halogens is 3. The Morgan fingerprint density at radius 1 is 0.922 bits per heavy atom. The maximum atomic E-state index is 14.7. The van der Waals surface area contributed by atoms with Crippen LogP contribution in [0.25, 0.3) is 20.9 Å². The Kier molecular flexibility index (Phi) is 11.8. The number of carbonyl (C=O) groups excluding carboxylic acids is 1. The fraction of sp³-hybridized carbons (Fsp3) is 0.278. The number of benzene rings is 4. The molecule has 0 fully saturated rings. The van der Waals surface area contributed by atoms with Gasteiger partial charge in [0.25, 0.3) is 5.91 Å². The average molecular weight is 699 g/mol. The van der Waals surface area contributed by atoms with E-state index in [9.17, 15) is 18.0 Å². The smallest absolute Gasteiger partial charge is 0.416 e. The number of hydrogen-bond acceptors (Lipinski definition) is 7. The lowest BCUT2D eigenvalue weighted by atomic mass is 9.79. The van der Waals surface area contributed by atoms with Gasteiger partial charge >= 0.3 is 6.18 Å². The van der Waals surface area contributed by atoms with Gasteiger partial charge < -0.3 is 19.9 Å². The number of rotatable bonds is 15. The maximum Gasteiger partial charge on any atom is 0.416 e. The van der Waals surface area contributed by atoms with Gasteiger partial charge in [0.15, 0.2) is 11.6 Å². The van der Waals surface area contributed by atoms with Gasteiger partial charge in [-0.3, -0.25) is 4.79 Å². The van der Waals surface area contributed by atoms with Crippen molar-refractivity contribution in [2.75, 3.05) is 13.2 Å². The second-order valence-corrected chi connectivity index (χ2v) is 11.6. The fourth-order valence-corrected chi connectivity index (χ4v) is 5.78. The summed E-state index contributed by atoms with van der Waals surface area (Å²) in [6.45, 7) is -0.0291. The molecule has 262 valence electrons. The third-order valence-corrected chi connectivity index (χ3v) is 8.26. The lowest BCUT2D eigenvalue weighted by molar-refractivity contribution is -0.137. The number of alkyl halides is 3. The number of ether oxygens (including phenoxy) is 2. The summed E-state index contributed by atoms with van der Waals surface area (Å²) in [7, 11) is 0. The summed E-state index contributed by atoms with van der Waals surface area (Å²) in [6, 6.07) is 25.6. The standard InChI is InChI=1S/C36H33F3N8O4/c37-36(38,39)29-11-5-7-24(19-29)21-42-34(49)35(20-26-8-1-2-9-27(26)22-43-46-40)32(31-12-4-3-10-28(31)23-44-47-41)51-33(45-35)25-13-15-30(16-14-25)50-18-6-17-48/h1-5,7-16,19,32,48H,6,17-18,20-23H2,(H,42,49)/t32-,35-/m1/s1. The van der Waals surface area contributed by atoms with E-state index < -0.39 is 29.3 Å². The van der Waals surface area contributed by atoms with E-state index in [4.69, 9.17) is 30.6 Å². The molecule has 0 spiro atoms. The van der Waals surface area contributed by atoms with Crippen molar-refractivity contribution in [2.24, 2.45) is 15.2 Å². The molecule has 0 unspecified atom stereocenters. The Morgan fingerprint density at radius 2 is 1.59 bits per heavy atom. The van der Waals surface area contributed by atoms with Crippen molar-refractivity contribution in [3.05, 3.63) is 157 Å². The van der Waals surface area contributed by atoms with Crippen LogP contribution in [0.5, 0.6) is 5.75 Å². The van der Waals surface area contributed by atoms with Crippen LogP contribution in [0.15, 0.2) is 112 Å². The zero-order chi connectivity index (χ0) is 36.3. The van der Waals surface area contributed by atoms with Gasteiger partial charge in [0, 0.05) is 41.4 Å². The first-order valence-electron chi connectivity index (χ1n) is 15.9. The van der Waals surface area contributed by atoms with E-state index in [1.54, 1.807) is 72.8 Å². The van der Waals surface area contributed by atoms with Gasteiger partial charge in [-0.1, -0.05) is 70.9 Å². The minimum absolute atomic E-state index is 0.0120. The number of carbonyl (C=O) groups is 1. The molecule has 4 aromatic carbocycles. The van der Waals surface area contributed by atoms with Crippen LogP contribution in [0.1, 0.15) is 51.5 Å². The van der Waals surface area contributed by atoms with Gasteiger partial charge in [-0.25, -0.2) is 4.99 Å². The number of nitrogens with one attached hydrogen (secondary N) is 1. The van der Waals surface area contributed by atoms with Crippen molar-refractivity contribution in [2.45, 2.75) is 50.3 Å². The Balaban J connectivity index is 1.64. The Bertz CT molecular complexity index is 1980. The van der Waals surface area contributed by atoms with Crippen molar-refractivity contribution in [3.63, 3.8) is 0 Å². The van der Waals surface area contributed by atoms with Crippen LogP contribution in [0.2, 0.25) is 0 Å². The molecule has 4 aromatic rings. The molecule has 5 rings (SSSR count). The number of amides is 1. The van der Waals surface area contributed by atoms with Crippen molar-refractivity contribution in [3.8, 4) is 5.75 Å². The maximum absolute atomic E-state index is 14.7. The van der Waals surface area contributed by atoms with Crippen LogP contribution >= 0.6 is 0 Å². The summed E-state index contributed by atoms with van der Waals surface area (Å²) in [4.78, 5) is 25.5. The highest BCUT2D eigenvalue weighted by molar-refractivity contribution is 6.01. The zero-order valence-electron chi connectivity index (χ0n) is 27.2.